The molecule has 11 nitrogen and oxygen atoms in total. The Hall–Kier alpha value is -3.50. The van der Waals surface area contributed by atoms with E-state index in [1.54, 1.807) is 6.92 Å². The van der Waals surface area contributed by atoms with Gasteiger partial charge in [-0.2, -0.15) is 0 Å². The summed E-state index contributed by atoms with van der Waals surface area (Å²) in [5.41, 5.74) is -0.675. The second kappa shape index (κ2) is 7.40. The fourth-order valence-corrected chi connectivity index (χ4v) is 2.36. The van der Waals surface area contributed by atoms with Gasteiger partial charge in [-0.3, -0.25) is 29.4 Å². The minimum atomic E-state index is -1.12. The molecule has 0 unspecified atom stereocenters. The summed E-state index contributed by atoms with van der Waals surface area (Å²) in [6.07, 6.45) is 0. The van der Waals surface area contributed by atoms with Crippen molar-refractivity contribution < 1.29 is 28.8 Å². The van der Waals surface area contributed by atoms with Crippen LogP contribution in [0.4, 0.5) is 16.2 Å². The van der Waals surface area contributed by atoms with Crippen molar-refractivity contribution >= 4 is 35.2 Å². The molecule has 1 aliphatic heterocycles. The van der Waals surface area contributed by atoms with Crippen LogP contribution in [-0.4, -0.2) is 52.3 Å². The molecule has 1 fully saturated rings. The van der Waals surface area contributed by atoms with Gasteiger partial charge in [0.1, 0.15) is 12.1 Å². The van der Waals surface area contributed by atoms with Gasteiger partial charge in [-0.05, 0) is 26.8 Å². The maximum absolute atomic E-state index is 12.0. The molecule has 0 aromatic heterocycles. The molecule has 27 heavy (non-hydrogen) atoms. The van der Waals surface area contributed by atoms with Gasteiger partial charge < -0.3 is 15.4 Å². The van der Waals surface area contributed by atoms with Gasteiger partial charge in [0.15, 0.2) is 6.61 Å². The molecule has 1 heterocycles. The first-order valence-corrected chi connectivity index (χ1v) is 7.86. The van der Waals surface area contributed by atoms with E-state index < -0.39 is 47.4 Å². The van der Waals surface area contributed by atoms with Gasteiger partial charge >= 0.3 is 12.0 Å². The third-order valence-corrected chi connectivity index (χ3v) is 3.79. The zero-order chi connectivity index (χ0) is 20.4. The zero-order valence-corrected chi connectivity index (χ0v) is 14.9. The Kier molecular flexibility index (Phi) is 5.43. The summed E-state index contributed by atoms with van der Waals surface area (Å²) in [6.45, 7) is 3.24. The van der Waals surface area contributed by atoms with Gasteiger partial charge in [0.25, 0.3) is 17.5 Å². The third kappa shape index (κ3) is 4.57. The van der Waals surface area contributed by atoms with Crippen molar-refractivity contribution in [2.75, 3.05) is 18.5 Å². The fraction of sp³-hybridized carbons (Fsp3) is 0.375. The number of aryl methyl sites for hydroxylation is 1. The molecule has 144 valence electrons. The SMILES string of the molecule is Cc1ccc(NC(=O)COC(=O)CN2C(=O)NC(C)(C)C2=O)cc1[N+](=O)[O-]. The lowest BCUT2D eigenvalue weighted by molar-refractivity contribution is -0.385. The highest BCUT2D eigenvalue weighted by Crippen LogP contribution is 2.22. The topological polar surface area (TPSA) is 148 Å². The summed E-state index contributed by atoms with van der Waals surface area (Å²) >= 11 is 0. The van der Waals surface area contributed by atoms with Crippen LogP contribution in [0.3, 0.4) is 0 Å². The van der Waals surface area contributed by atoms with E-state index in [0.717, 1.165) is 0 Å². The molecule has 0 bridgehead atoms. The van der Waals surface area contributed by atoms with Crippen molar-refractivity contribution in [3.05, 3.63) is 33.9 Å². The van der Waals surface area contributed by atoms with Crippen molar-refractivity contribution in [2.24, 2.45) is 0 Å². The average Bonchev–Trinajstić information content (AvgIpc) is 2.76. The summed E-state index contributed by atoms with van der Waals surface area (Å²) in [4.78, 5) is 58.3. The highest BCUT2D eigenvalue weighted by atomic mass is 16.6. The lowest BCUT2D eigenvalue weighted by Gasteiger charge is -2.15. The van der Waals surface area contributed by atoms with E-state index in [1.165, 1.54) is 32.0 Å². The Morgan fingerprint density at radius 3 is 2.56 bits per heavy atom. The predicted octanol–water partition coefficient (Wildman–Crippen LogP) is 0.715. The number of ether oxygens (including phenoxy) is 1. The number of anilines is 1. The lowest BCUT2D eigenvalue weighted by Crippen LogP contribution is -2.41. The van der Waals surface area contributed by atoms with E-state index in [1.807, 2.05) is 0 Å². The number of rotatable bonds is 6. The number of amides is 4. The molecule has 1 aliphatic rings. The number of hydrogen-bond acceptors (Lipinski definition) is 7. The third-order valence-electron chi connectivity index (χ3n) is 3.79. The molecule has 0 saturated carbocycles. The molecule has 0 atom stereocenters. The Labute approximate surface area is 153 Å². The van der Waals surface area contributed by atoms with Crippen LogP contribution >= 0.6 is 0 Å². The van der Waals surface area contributed by atoms with E-state index >= 15 is 0 Å². The first-order chi connectivity index (χ1) is 12.5. The Morgan fingerprint density at radius 2 is 2.00 bits per heavy atom. The molecule has 1 aromatic rings. The average molecular weight is 378 g/mol. The standard InChI is InChI=1S/C16H18N4O7/c1-9-4-5-10(6-11(9)20(25)26)17-12(21)8-27-13(22)7-19-14(23)16(2,3)18-15(19)24/h4-6H,7-8H2,1-3H3,(H,17,21)(H,18,24). The van der Waals surface area contributed by atoms with E-state index in [-0.39, 0.29) is 11.4 Å². The van der Waals surface area contributed by atoms with Crippen LogP contribution in [0.5, 0.6) is 0 Å². The minimum Gasteiger partial charge on any atom is -0.454 e. The zero-order valence-electron chi connectivity index (χ0n) is 14.9. The predicted molar refractivity (Wildman–Crippen MR) is 91.7 cm³/mol. The minimum absolute atomic E-state index is 0.161. The summed E-state index contributed by atoms with van der Waals surface area (Å²) in [5.74, 6) is -2.25. The molecule has 11 heteroatoms. The van der Waals surface area contributed by atoms with Gasteiger partial charge in [0.2, 0.25) is 0 Å². The van der Waals surface area contributed by atoms with Crippen LogP contribution in [0.2, 0.25) is 0 Å². The molecule has 0 aliphatic carbocycles. The van der Waals surface area contributed by atoms with Crippen molar-refractivity contribution in [3.63, 3.8) is 0 Å². The molecular weight excluding hydrogens is 360 g/mol. The van der Waals surface area contributed by atoms with Gasteiger partial charge in [0, 0.05) is 17.3 Å². The van der Waals surface area contributed by atoms with Crippen molar-refractivity contribution in [2.45, 2.75) is 26.3 Å². The number of carbonyl (C=O) groups excluding carboxylic acids is 4. The highest BCUT2D eigenvalue weighted by Gasteiger charge is 2.45. The van der Waals surface area contributed by atoms with Crippen LogP contribution in [0.15, 0.2) is 18.2 Å². The van der Waals surface area contributed by atoms with Crippen LogP contribution in [-0.2, 0) is 19.1 Å². The first kappa shape index (κ1) is 19.8. The molecule has 1 aromatic carbocycles. The maximum Gasteiger partial charge on any atom is 0.326 e. The number of carbonyl (C=O) groups is 4. The number of nitrogens with one attached hydrogen (secondary N) is 2. The number of nitro groups is 1. The molecule has 2 rings (SSSR count). The maximum atomic E-state index is 12.0. The summed E-state index contributed by atoms with van der Waals surface area (Å²) in [6, 6.07) is 3.40. The number of benzene rings is 1. The molecule has 1 saturated heterocycles. The number of hydrogen-bond donors (Lipinski definition) is 2. The van der Waals surface area contributed by atoms with Crippen molar-refractivity contribution in [1.29, 1.82) is 0 Å². The fourth-order valence-electron chi connectivity index (χ4n) is 2.36. The van der Waals surface area contributed by atoms with E-state index in [9.17, 15) is 29.3 Å². The van der Waals surface area contributed by atoms with E-state index in [4.69, 9.17) is 4.74 Å². The number of urea groups is 1. The van der Waals surface area contributed by atoms with Gasteiger partial charge in [-0.15, -0.1) is 0 Å². The molecule has 2 N–H and O–H groups in total. The summed E-state index contributed by atoms with van der Waals surface area (Å²) in [7, 11) is 0. The lowest BCUT2D eigenvalue weighted by atomic mass is 10.1. The number of imide groups is 1. The highest BCUT2D eigenvalue weighted by molar-refractivity contribution is 6.08. The Bertz CT molecular complexity index is 834. The van der Waals surface area contributed by atoms with E-state index in [0.29, 0.717) is 10.5 Å². The summed E-state index contributed by atoms with van der Waals surface area (Å²) in [5, 5.41) is 15.7. The second-order valence-electron chi connectivity index (χ2n) is 6.41. The number of nitrogens with zero attached hydrogens (tertiary/aromatic N) is 2. The van der Waals surface area contributed by atoms with Crippen LogP contribution in [0.25, 0.3) is 0 Å². The van der Waals surface area contributed by atoms with Gasteiger partial charge in [-0.25, -0.2) is 4.79 Å². The van der Waals surface area contributed by atoms with Crippen LogP contribution in [0, 0.1) is 17.0 Å². The van der Waals surface area contributed by atoms with Gasteiger partial charge in [0.05, 0.1) is 4.92 Å². The smallest absolute Gasteiger partial charge is 0.326 e. The largest absolute Gasteiger partial charge is 0.454 e. The van der Waals surface area contributed by atoms with E-state index in [2.05, 4.69) is 10.6 Å². The molecule has 0 spiro atoms. The Morgan fingerprint density at radius 1 is 1.33 bits per heavy atom. The van der Waals surface area contributed by atoms with Gasteiger partial charge in [-0.1, -0.05) is 6.07 Å². The molecule has 4 amide bonds. The van der Waals surface area contributed by atoms with Crippen molar-refractivity contribution in [1.82, 2.24) is 10.2 Å². The normalized spacial score (nSPS) is 15.3. The quantitative estimate of drug-likeness (QED) is 0.320. The number of nitro benzene ring substituents is 1. The molecule has 0 radical (unpaired) electrons. The molecular formula is C16H18N4O7. The Balaban J connectivity index is 1.88. The first-order valence-electron chi connectivity index (χ1n) is 7.86. The number of esters is 1. The van der Waals surface area contributed by atoms with Crippen LogP contribution < -0.4 is 10.6 Å². The monoisotopic (exact) mass is 378 g/mol. The van der Waals surface area contributed by atoms with Crippen LogP contribution in [0.1, 0.15) is 19.4 Å². The second-order valence-corrected chi connectivity index (χ2v) is 6.41. The summed E-state index contributed by atoms with van der Waals surface area (Å²) < 4.78 is 4.75. The van der Waals surface area contributed by atoms with Crippen molar-refractivity contribution in [3.8, 4) is 0 Å².